The van der Waals surface area contributed by atoms with Crippen LogP contribution in [-0.4, -0.2) is 50.8 Å². The van der Waals surface area contributed by atoms with Gasteiger partial charge in [0, 0.05) is 30.5 Å². The van der Waals surface area contributed by atoms with E-state index in [0.29, 0.717) is 36.5 Å². The number of carbonyl (C=O) groups is 2. The van der Waals surface area contributed by atoms with E-state index in [4.69, 9.17) is 4.74 Å². The lowest BCUT2D eigenvalue weighted by Gasteiger charge is -2.10. The van der Waals surface area contributed by atoms with Crippen molar-refractivity contribution in [2.75, 3.05) is 18.5 Å². The summed E-state index contributed by atoms with van der Waals surface area (Å²) in [6.07, 6.45) is 0.718. The molecule has 2 aromatic rings. The van der Waals surface area contributed by atoms with Gasteiger partial charge >= 0.3 is 11.8 Å². The SMILES string of the molecule is Cc1cc(NC(=O)C(=O)NCCCOC(C)C)n(-c2nc(C)c(C)c(=O)[nH]2)n1. The van der Waals surface area contributed by atoms with Crippen molar-refractivity contribution in [3.63, 3.8) is 0 Å². The number of ether oxygens (including phenoxy) is 1. The molecule has 0 saturated heterocycles. The first kappa shape index (κ1) is 21.3. The zero-order valence-corrected chi connectivity index (χ0v) is 16.8. The normalized spacial score (nSPS) is 10.9. The Morgan fingerprint density at radius 2 is 1.96 bits per heavy atom. The van der Waals surface area contributed by atoms with Crippen LogP contribution in [0, 0.1) is 20.8 Å². The van der Waals surface area contributed by atoms with Crippen molar-refractivity contribution in [1.29, 1.82) is 0 Å². The Labute approximate surface area is 162 Å². The van der Waals surface area contributed by atoms with Crippen molar-refractivity contribution in [2.45, 2.75) is 47.1 Å². The summed E-state index contributed by atoms with van der Waals surface area (Å²) in [4.78, 5) is 43.1. The number of H-pyrrole nitrogens is 1. The summed E-state index contributed by atoms with van der Waals surface area (Å²) in [6, 6.07) is 1.58. The Morgan fingerprint density at radius 3 is 2.61 bits per heavy atom. The second-order valence-electron chi connectivity index (χ2n) is 6.67. The van der Waals surface area contributed by atoms with Crippen molar-refractivity contribution in [2.24, 2.45) is 0 Å². The van der Waals surface area contributed by atoms with Gasteiger partial charge in [0.1, 0.15) is 5.82 Å². The maximum Gasteiger partial charge on any atom is 0.314 e. The van der Waals surface area contributed by atoms with Crippen LogP contribution in [0.15, 0.2) is 10.9 Å². The molecule has 0 saturated carbocycles. The Bertz CT molecular complexity index is 915. The average Bonchev–Trinajstić information content (AvgIpc) is 2.98. The molecule has 2 aromatic heterocycles. The molecule has 0 atom stereocenters. The third-order valence-electron chi connectivity index (χ3n) is 3.92. The van der Waals surface area contributed by atoms with E-state index in [-0.39, 0.29) is 23.4 Å². The van der Waals surface area contributed by atoms with E-state index in [1.54, 1.807) is 26.8 Å². The van der Waals surface area contributed by atoms with Crippen molar-refractivity contribution in [3.05, 3.63) is 33.4 Å². The predicted octanol–water partition coefficient (Wildman–Crippen LogP) is 0.751. The summed E-state index contributed by atoms with van der Waals surface area (Å²) < 4.78 is 6.66. The Kier molecular flexibility index (Phi) is 7.05. The molecule has 0 aliphatic heterocycles. The largest absolute Gasteiger partial charge is 0.379 e. The van der Waals surface area contributed by atoms with Gasteiger partial charge in [0.2, 0.25) is 5.95 Å². The molecule has 0 unspecified atom stereocenters. The number of carbonyl (C=O) groups excluding carboxylic acids is 2. The van der Waals surface area contributed by atoms with Crippen molar-refractivity contribution in [3.8, 4) is 5.95 Å². The second-order valence-corrected chi connectivity index (χ2v) is 6.67. The molecule has 10 heteroatoms. The molecule has 2 amide bonds. The fourth-order valence-corrected chi connectivity index (χ4v) is 2.33. The number of hydrogen-bond acceptors (Lipinski definition) is 6. The number of hydrogen-bond donors (Lipinski definition) is 3. The summed E-state index contributed by atoms with van der Waals surface area (Å²) >= 11 is 0. The number of aryl methyl sites for hydroxylation is 2. The first-order valence-electron chi connectivity index (χ1n) is 9.04. The molecule has 2 rings (SSSR count). The van der Waals surface area contributed by atoms with Gasteiger partial charge in [-0.05, 0) is 41.0 Å². The molecule has 0 spiro atoms. The van der Waals surface area contributed by atoms with Gasteiger partial charge < -0.3 is 15.4 Å². The summed E-state index contributed by atoms with van der Waals surface area (Å²) in [6.45, 7) is 9.77. The highest BCUT2D eigenvalue weighted by atomic mass is 16.5. The van der Waals surface area contributed by atoms with E-state index < -0.39 is 11.8 Å². The fraction of sp³-hybridized carbons (Fsp3) is 0.500. The van der Waals surface area contributed by atoms with Gasteiger partial charge in [-0.15, -0.1) is 0 Å². The van der Waals surface area contributed by atoms with Crippen LogP contribution in [0.3, 0.4) is 0 Å². The molecule has 0 aliphatic carbocycles. The minimum atomic E-state index is -0.836. The quantitative estimate of drug-likeness (QED) is 0.472. The Balaban J connectivity index is 2.06. The van der Waals surface area contributed by atoms with Crippen molar-refractivity contribution < 1.29 is 14.3 Å². The first-order valence-corrected chi connectivity index (χ1v) is 9.04. The van der Waals surface area contributed by atoms with Gasteiger partial charge in [-0.3, -0.25) is 19.4 Å². The van der Waals surface area contributed by atoms with Crippen molar-refractivity contribution >= 4 is 17.6 Å². The molecule has 0 aliphatic rings. The maximum absolute atomic E-state index is 12.2. The number of rotatable bonds is 7. The molecular formula is C18H26N6O4. The summed E-state index contributed by atoms with van der Waals surface area (Å²) in [5.41, 5.74) is 1.33. The van der Waals surface area contributed by atoms with E-state index in [2.05, 4.69) is 25.7 Å². The summed E-state index contributed by atoms with van der Waals surface area (Å²) in [5, 5.41) is 9.26. The lowest BCUT2D eigenvalue weighted by Crippen LogP contribution is -2.36. The molecule has 10 nitrogen and oxygen atoms in total. The van der Waals surface area contributed by atoms with E-state index in [9.17, 15) is 14.4 Å². The first-order chi connectivity index (χ1) is 13.2. The van der Waals surface area contributed by atoms with Crippen LogP contribution in [0.25, 0.3) is 5.95 Å². The van der Waals surface area contributed by atoms with E-state index in [1.165, 1.54) is 4.68 Å². The van der Waals surface area contributed by atoms with E-state index >= 15 is 0 Å². The predicted molar refractivity (Wildman–Crippen MR) is 104 cm³/mol. The van der Waals surface area contributed by atoms with E-state index in [1.807, 2.05) is 13.8 Å². The number of anilines is 1. The van der Waals surface area contributed by atoms with Crippen LogP contribution in [0.2, 0.25) is 0 Å². The Hall–Kier alpha value is -3.01. The lowest BCUT2D eigenvalue weighted by molar-refractivity contribution is -0.136. The molecule has 0 radical (unpaired) electrons. The zero-order valence-electron chi connectivity index (χ0n) is 16.8. The lowest BCUT2D eigenvalue weighted by atomic mass is 10.3. The number of aromatic nitrogens is 4. The van der Waals surface area contributed by atoms with Crippen LogP contribution < -0.4 is 16.2 Å². The fourth-order valence-electron chi connectivity index (χ4n) is 2.33. The van der Waals surface area contributed by atoms with Crippen molar-refractivity contribution in [1.82, 2.24) is 25.1 Å². The van der Waals surface area contributed by atoms with Gasteiger partial charge in [0.25, 0.3) is 5.56 Å². The van der Waals surface area contributed by atoms with Gasteiger partial charge in [0.15, 0.2) is 0 Å². The minimum absolute atomic E-state index is 0.119. The standard InChI is InChI=1S/C18H26N6O4/c1-10(2)28-8-6-7-19-16(26)17(27)21-14-9-11(3)23-24(14)18-20-13(5)12(4)15(25)22-18/h9-10H,6-8H2,1-5H3,(H,19,26)(H,21,27)(H,20,22,25). The van der Waals surface area contributed by atoms with Gasteiger partial charge in [-0.25, -0.2) is 4.98 Å². The van der Waals surface area contributed by atoms with Gasteiger partial charge in [0.05, 0.1) is 11.8 Å². The Morgan fingerprint density at radius 1 is 1.25 bits per heavy atom. The smallest absolute Gasteiger partial charge is 0.314 e. The molecule has 0 aromatic carbocycles. The number of nitrogens with zero attached hydrogens (tertiary/aromatic N) is 3. The third-order valence-corrected chi connectivity index (χ3v) is 3.92. The molecule has 0 bridgehead atoms. The summed E-state index contributed by atoms with van der Waals surface area (Å²) in [7, 11) is 0. The van der Waals surface area contributed by atoms with Crippen LogP contribution >= 0.6 is 0 Å². The van der Waals surface area contributed by atoms with Gasteiger partial charge in [-0.1, -0.05) is 0 Å². The molecule has 152 valence electrons. The van der Waals surface area contributed by atoms with Gasteiger partial charge in [-0.2, -0.15) is 9.78 Å². The zero-order chi connectivity index (χ0) is 20.8. The topological polar surface area (TPSA) is 131 Å². The number of amides is 2. The van der Waals surface area contributed by atoms with E-state index in [0.717, 1.165) is 0 Å². The average molecular weight is 390 g/mol. The highest BCUT2D eigenvalue weighted by molar-refractivity contribution is 6.39. The second kappa shape index (κ2) is 9.27. The van der Waals surface area contributed by atoms with Crippen LogP contribution in [0.1, 0.15) is 37.2 Å². The minimum Gasteiger partial charge on any atom is -0.379 e. The highest BCUT2D eigenvalue weighted by Crippen LogP contribution is 2.14. The summed E-state index contributed by atoms with van der Waals surface area (Å²) in [5.74, 6) is -1.22. The molecular weight excluding hydrogens is 364 g/mol. The van der Waals surface area contributed by atoms with Crippen LogP contribution in [0.5, 0.6) is 0 Å². The molecule has 3 N–H and O–H groups in total. The maximum atomic E-state index is 12.2. The monoisotopic (exact) mass is 390 g/mol. The molecule has 28 heavy (non-hydrogen) atoms. The number of aromatic amines is 1. The highest BCUT2D eigenvalue weighted by Gasteiger charge is 2.18. The number of nitrogens with one attached hydrogen (secondary N) is 3. The molecule has 2 heterocycles. The third kappa shape index (κ3) is 5.49. The molecule has 0 fully saturated rings. The van der Waals surface area contributed by atoms with Crippen LogP contribution in [0.4, 0.5) is 5.82 Å². The van der Waals surface area contributed by atoms with Crippen LogP contribution in [-0.2, 0) is 14.3 Å².